The van der Waals surface area contributed by atoms with Gasteiger partial charge >= 0.3 is 5.97 Å². The molecule has 0 spiro atoms. The van der Waals surface area contributed by atoms with Crippen LogP contribution in [-0.2, 0) is 16.0 Å². The maximum Gasteiger partial charge on any atom is 0.329 e. The van der Waals surface area contributed by atoms with E-state index >= 15 is 0 Å². The summed E-state index contributed by atoms with van der Waals surface area (Å²) in [7, 11) is 1.31. The zero-order valence-electron chi connectivity index (χ0n) is 8.98. The highest BCUT2D eigenvalue weighted by molar-refractivity contribution is 5.80. The Bertz CT molecular complexity index is 302. The van der Waals surface area contributed by atoms with Crippen molar-refractivity contribution in [2.45, 2.75) is 6.42 Å². The number of ether oxygens (including phenoxy) is 1. The highest BCUT2D eigenvalue weighted by Crippen LogP contribution is 1.98. The minimum atomic E-state index is -0.394. The van der Waals surface area contributed by atoms with E-state index in [0.717, 1.165) is 12.5 Å². The predicted octanol–water partition coefficient (Wildman–Crippen LogP) is 2.76. The van der Waals surface area contributed by atoms with Crippen LogP contribution in [0.2, 0.25) is 0 Å². The van der Waals surface area contributed by atoms with E-state index in [4.69, 9.17) is 0 Å². The summed E-state index contributed by atoms with van der Waals surface area (Å²) in [4.78, 5) is 9.84. The molecule has 0 aliphatic heterocycles. The zero-order chi connectivity index (χ0) is 11.5. The molecule has 2 nitrogen and oxygen atoms in total. The van der Waals surface area contributed by atoms with Crippen LogP contribution in [0.5, 0.6) is 0 Å². The Balaban J connectivity index is 0.000000288. The van der Waals surface area contributed by atoms with Crippen molar-refractivity contribution < 1.29 is 9.53 Å². The molecule has 0 saturated carbocycles. The SMILES string of the molecule is C=CC(=O)OC.C=CCc1ccccc1. The van der Waals surface area contributed by atoms with Gasteiger partial charge in [-0.1, -0.05) is 43.0 Å². The van der Waals surface area contributed by atoms with Crippen molar-refractivity contribution in [3.63, 3.8) is 0 Å². The average Bonchev–Trinajstić information content (AvgIpc) is 2.31. The first-order valence-electron chi connectivity index (χ1n) is 4.59. The van der Waals surface area contributed by atoms with E-state index in [1.54, 1.807) is 0 Å². The van der Waals surface area contributed by atoms with Crippen LogP contribution in [0.4, 0.5) is 0 Å². The molecule has 0 heterocycles. The number of hydrogen-bond donors (Lipinski definition) is 0. The zero-order valence-corrected chi connectivity index (χ0v) is 8.98. The van der Waals surface area contributed by atoms with Gasteiger partial charge in [0.25, 0.3) is 0 Å². The quantitative estimate of drug-likeness (QED) is 0.430. The molecule has 0 bridgehead atoms. The van der Waals surface area contributed by atoms with Crippen molar-refractivity contribution in [2.24, 2.45) is 0 Å². The molecule has 0 N–H and O–H groups in total. The summed E-state index contributed by atoms with van der Waals surface area (Å²) < 4.78 is 4.14. The fourth-order valence-electron chi connectivity index (χ4n) is 0.864. The lowest BCUT2D eigenvalue weighted by molar-refractivity contribution is -0.134. The Hall–Kier alpha value is -1.83. The van der Waals surface area contributed by atoms with Gasteiger partial charge in [0, 0.05) is 6.08 Å². The average molecular weight is 204 g/mol. The molecule has 1 rings (SSSR count). The lowest BCUT2D eigenvalue weighted by atomic mass is 10.2. The number of benzene rings is 1. The van der Waals surface area contributed by atoms with E-state index in [9.17, 15) is 4.79 Å². The lowest BCUT2D eigenvalue weighted by Gasteiger charge is -1.91. The first-order valence-corrected chi connectivity index (χ1v) is 4.59. The fraction of sp³-hybridized carbons (Fsp3) is 0.154. The topological polar surface area (TPSA) is 26.3 Å². The molecule has 0 radical (unpaired) electrons. The van der Waals surface area contributed by atoms with Gasteiger partial charge in [-0.05, 0) is 12.0 Å². The number of rotatable bonds is 3. The summed E-state index contributed by atoms with van der Waals surface area (Å²) in [5.74, 6) is -0.394. The Kier molecular flexibility index (Phi) is 7.69. The Labute approximate surface area is 90.9 Å². The van der Waals surface area contributed by atoms with Gasteiger partial charge < -0.3 is 4.74 Å². The lowest BCUT2D eigenvalue weighted by Crippen LogP contribution is -1.91. The van der Waals surface area contributed by atoms with Crippen LogP contribution in [0.15, 0.2) is 55.6 Å². The summed E-state index contributed by atoms with van der Waals surface area (Å²) in [6.45, 7) is 6.81. The molecule has 80 valence electrons. The van der Waals surface area contributed by atoms with E-state index in [-0.39, 0.29) is 0 Å². The largest absolute Gasteiger partial charge is 0.466 e. The molecule has 0 fully saturated rings. The predicted molar refractivity (Wildman–Crippen MR) is 62.6 cm³/mol. The summed E-state index contributed by atoms with van der Waals surface area (Å²) in [6.07, 6.45) is 4.00. The molecule has 0 amide bonds. The standard InChI is InChI=1S/C9H10.C4H6O2/c1-2-6-9-7-4-3-5-8-9;1-3-4(5)6-2/h2-5,7-8H,1,6H2;3H,1H2,2H3. The number of carbonyl (C=O) groups excluding carboxylic acids is 1. The molecule has 1 aromatic rings. The van der Waals surface area contributed by atoms with Crippen LogP contribution in [0, 0.1) is 0 Å². The molecule has 0 saturated heterocycles. The van der Waals surface area contributed by atoms with Gasteiger partial charge in [-0.25, -0.2) is 4.79 Å². The van der Waals surface area contributed by atoms with Crippen LogP contribution in [-0.4, -0.2) is 13.1 Å². The van der Waals surface area contributed by atoms with Crippen molar-refractivity contribution in [2.75, 3.05) is 7.11 Å². The van der Waals surface area contributed by atoms with Crippen LogP contribution in [0.3, 0.4) is 0 Å². The van der Waals surface area contributed by atoms with Crippen LogP contribution < -0.4 is 0 Å². The van der Waals surface area contributed by atoms with Crippen molar-refractivity contribution in [3.05, 3.63) is 61.2 Å². The normalized spacial score (nSPS) is 8.07. The van der Waals surface area contributed by atoms with Crippen molar-refractivity contribution in [1.29, 1.82) is 0 Å². The molecule has 0 aromatic heterocycles. The monoisotopic (exact) mass is 204 g/mol. The maximum atomic E-state index is 9.84. The highest BCUT2D eigenvalue weighted by Gasteiger charge is 1.82. The van der Waals surface area contributed by atoms with Gasteiger partial charge in [-0.15, -0.1) is 6.58 Å². The second-order valence-electron chi connectivity index (χ2n) is 2.71. The van der Waals surface area contributed by atoms with Crippen molar-refractivity contribution >= 4 is 5.97 Å². The third-order valence-electron chi connectivity index (χ3n) is 1.59. The van der Waals surface area contributed by atoms with Gasteiger partial charge in [0.05, 0.1) is 7.11 Å². The number of esters is 1. The van der Waals surface area contributed by atoms with Crippen molar-refractivity contribution in [3.8, 4) is 0 Å². The fourth-order valence-corrected chi connectivity index (χ4v) is 0.864. The van der Waals surface area contributed by atoms with Crippen LogP contribution in [0.1, 0.15) is 5.56 Å². The number of methoxy groups -OCH3 is 1. The molecule has 0 unspecified atom stereocenters. The molecule has 1 aromatic carbocycles. The van der Waals surface area contributed by atoms with Gasteiger partial charge in [0.15, 0.2) is 0 Å². The highest BCUT2D eigenvalue weighted by atomic mass is 16.5. The summed E-state index contributed by atoms with van der Waals surface area (Å²) in [5, 5.41) is 0. The molecule has 0 aliphatic rings. The minimum Gasteiger partial charge on any atom is -0.466 e. The first-order chi connectivity index (χ1) is 7.24. The van der Waals surface area contributed by atoms with Gasteiger partial charge in [0.1, 0.15) is 0 Å². The smallest absolute Gasteiger partial charge is 0.329 e. The number of allylic oxidation sites excluding steroid dienone is 1. The Morgan fingerprint density at radius 2 is 1.93 bits per heavy atom. The number of hydrogen-bond acceptors (Lipinski definition) is 2. The molecule has 2 heteroatoms. The van der Waals surface area contributed by atoms with E-state index in [0.29, 0.717) is 0 Å². The summed E-state index contributed by atoms with van der Waals surface area (Å²) in [5.41, 5.74) is 1.33. The van der Waals surface area contributed by atoms with Crippen LogP contribution in [0.25, 0.3) is 0 Å². The third kappa shape index (κ3) is 7.26. The molecular weight excluding hydrogens is 188 g/mol. The third-order valence-corrected chi connectivity index (χ3v) is 1.59. The first kappa shape index (κ1) is 13.2. The second kappa shape index (κ2) is 8.75. The minimum absolute atomic E-state index is 0.394. The van der Waals surface area contributed by atoms with Gasteiger partial charge in [0.2, 0.25) is 0 Å². The number of carbonyl (C=O) groups is 1. The summed E-state index contributed by atoms with van der Waals surface area (Å²) in [6, 6.07) is 10.3. The molecule has 15 heavy (non-hydrogen) atoms. The molecule has 0 atom stereocenters. The molecule has 0 aliphatic carbocycles. The van der Waals surface area contributed by atoms with Gasteiger partial charge in [-0.3, -0.25) is 0 Å². The Morgan fingerprint density at radius 1 is 1.33 bits per heavy atom. The van der Waals surface area contributed by atoms with Gasteiger partial charge in [-0.2, -0.15) is 0 Å². The molecular formula is C13H16O2. The second-order valence-corrected chi connectivity index (χ2v) is 2.71. The van der Waals surface area contributed by atoms with E-state index in [1.165, 1.54) is 12.7 Å². The van der Waals surface area contributed by atoms with E-state index < -0.39 is 5.97 Å². The maximum absolute atomic E-state index is 9.84. The summed E-state index contributed by atoms with van der Waals surface area (Å²) >= 11 is 0. The Morgan fingerprint density at radius 3 is 2.27 bits per heavy atom. The van der Waals surface area contributed by atoms with E-state index in [1.807, 2.05) is 24.3 Å². The van der Waals surface area contributed by atoms with E-state index in [2.05, 4.69) is 30.0 Å². The van der Waals surface area contributed by atoms with Crippen molar-refractivity contribution in [1.82, 2.24) is 0 Å². The van der Waals surface area contributed by atoms with Crippen LogP contribution >= 0.6 is 0 Å².